The van der Waals surface area contributed by atoms with Gasteiger partial charge in [0.2, 0.25) is 0 Å². The Morgan fingerprint density at radius 2 is 2.13 bits per heavy atom. The first kappa shape index (κ1) is 17.1. The van der Waals surface area contributed by atoms with E-state index in [9.17, 15) is 4.79 Å². The van der Waals surface area contributed by atoms with E-state index in [0.29, 0.717) is 12.2 Å². The lowest BCUT2D eigenvalue weighted by atomic mass is 9.89. The Labute approximate surface area is 138 Å². The fourth-order valence-electron chi connectivity index (χ4n) is 2.55. The van der Waals surface area contributed by atoms with Crippen molar-refractivity contribution in [1.29, 1.82) is 0 Å². The van der Waals surface area contributed by atoms with Crippen molar-refractivity contribution in [1.82, 2.24) is 0 Å². The molecule has 1 heterocycles. The van der Waals surface area contributed by atoms with E-state index in [1.54, 1.807) is 6.92 Å². The Balaban J connectivity index is 2.48. The lowest BCUT2D eigenvalue weighted by Crippen LogP contribution is -2.17. The van der Waals surface area contributed by atoms with Gasteiger partial charge in [-0.2, -0.15) is 0 Å². The molecule has 1 aromatic carbocycles. The number of rotatable bonds is 4. The smallest absolute Gasteiger partial charge is 0.328 e. The van der Waals surface area contributed by atoms with E-state index in [1.165, 1.54) is 11.6 Å². The third-order valence-corrected chi connectivity index (χ3v) is 3.79. The van der Waals surface area contributed by atoms with Crippen molar-refractivity contribution in [2.45, 2.75) is 34.1 Å². The molecule has 0 bridgehead atoms. The molecular formula is C20H24O3. The number of fused-ring (bicyclic) bond motifs is 1. The quantitative estimate of drug-likeness (QED) is 0.651. The molecular weight excluding hydrogens is 288 g/mol. The number of benzene rings is 1. The van der Waals surface area contributed by atoms with Crippen LogP contribution in [-0.2, 0) is 11.2 Å². The average molecular weight is 312 g/mol. The summed E-state index contributed by atoms with van der Waals surface area (Å²) in [5.74, 6) is -0.0529. The van der Waals surface area contributed by atoms with Gasteiger partial charge in [-0.15, -0.1) is 0 Å². The van der Waals surface area contributed by atoms with Crippen LogP contribution in [0.3, 0.4) is 0 Å². The van der Waals surface area contributed by atoms with Crippen molar-refractivity contribution in [3.05, 3.63) is 59.2 Å². The summed E-state index contributed by atoms with van der Waals surface area (Å²) in [7, 11) is 0. The summed E-state index contributed by atoms with van der Waals surface area (Å²) in [5.41, 5.74) is 4.00. The molecule has 0 aliphatic carbocycles. The molecule has 0 atom stereocenters. The predicted octanol–water partition coefficient (Wildman–Crippen LogP) is 4.64. The predicted molar refractivity (Wildman–Crippen MR) is 93.6 cm³/mol. The minimum atomic E-state index is -0.931. The van der Waals surface area contributed by atoms with E-state index >= 15 is 0 Å². The Morgan fingerprint density at radius 1 is 1.39 bits per heavy atom. The molecule has 0 spiro atoms. The maximum atomic E-state index is 10.8. The van der Waals surface area contributed by atoms with E-state index in [2.05, 4.69) is 39.0 Å². The molecule has 3 nitrogen and oxygen atoms in total. The first-order chi connectivity index (χ1) is 10.8. The van der Waals surface area contributed by atoms with Crippen LogP contribution in [0.4, 0.5) is 0 Å². The molecule has 0 saturated heterocycles. The SMILES string of the molecule is CCc1ccc2c(c1)C(C=CC(C)=CC(=O)O)=CC(C)(C)CO2. The first-order valence-electron chi connectivity index (χ1n) is 7.89. The zero-order valence-electron chi connectivity index (χ0n) is 14.2. The van der Waals surface area contributed by atoms with Crippen LogP contribution >= 0.6 is 0 Å². The minimum absolute atomic E-state index is 0.0878. The van der Waals surface area contributed by atoms with E-state index in [-0.39, 0.29) is 5.41 Å². The molecule has 1 aliphatic heterocycles. The summed E-state index contributed by atoms with van der Waals surface area (Å²) >= 11 is 0. The number of ether oxygens (including phenoxy) is 1. The highest BCUT2D eigenvalue weighted by Gasteiger charge is 2.22. The Kier molecular flexibility index (Phi) is 5.09. The van der Waals surface area contributed by atoms with Gasteiger partial charge in [-0.05, 0) is 42.2 Å². The van der Waals surface area contributed by atoms with Gasteiger partial charge in [-0.1, -0.05) is 45.1 Å². The van der Waals surface area contributed by atoms with Crippen molar-refractivity contribution in [3.63, 3.8) is 0 Å². The second-order valence-corrected chi connectivity index (χ2v) is 6.62. The fourth-order valence-corrected chi connectivity index (χ4v) is 2.55. The molecule has 0 amide bonds. The Bertz CT molecular complexity index is 691. The Hall–Kier alpha value is -2.29. The van der Waals surface area contributed by atoms with Crippen molar-refractivity contribution in [2.75, 3.05) is 6.61 Å². The molecule has 0 fully saturated rings. The number of carboxylic acid groups (broad SMARTS) is 1. The number of carbonyl (C=O) groups is 1. The number of hydrogen-bond acceptors (Lipinski definition) is 2. The van der Waals surface area contributed by atoms with Crippen LogP contribution in [-0.4, -0.2) is 17.7 Å². The summed E-state index contributed by atoms with van der Waals surface area (Å²) in [6.07, 6.45) is 8.18. The lowest BCUT2D eigenvalue weighted by molar-refractivity contribution is -0.131. The van der Waals surface area contributed by atoms with Crippen LogP contribution in [0.25, 0.3) is 5.57 Å². The van der Waals surface area contributed by atoms with Crippen molar-refractivity contribution in [3.8, 4) is 5.75 Å². The summed E-state index contributed by atoms with van der Waals surface area (Å²) in [6.45, 7) is 8.79. The highest BCUT2D eigenvalue weighted by Crippen LogP contribution is 2.36. The van der Waals surface area contributed by atoms with Gasteiger partial charge >= 0.3 is 5.97 Å². The van der Waals surface area contributed by atoms with Gasteiger partial charge in [-0.25, -0.2) is 4.79 Å². The third kappa shape index (κ3) is 4.59. The molecule has 3 heteroatoms. The molecule has 0 radical (unpaired) electrons. The molecule has 2 rings (SSSR count). The molecule has 0 saturated carbocycles. The molecule has 0 unspecified atom stereocenters. The normalized spacial score (nSPS) is 17.2. The summed E-state index contributed by atoms with van der Waals surface area (Å²) in [5, 5.41) is 8.83. The third-order valence-electron chi connectivity index (χ3n) is 3.79. The van der Waals surface area contributed by atoms with Crippen LogP contribution in [0.1, 0.15) is 38.8 Å². The van der Waals surface area contributed by atoms with E-state index in [1.807, 2.05) is 18.2 Å². The lowest BCUT2D eigenvalue weighted by Gasteiger charge is -2.18. The number of allylic oxidation sites excluding steroid dienone is 4. The van der Waals surface area contributed by atoms with E-state index in [0.717, 1.165) is 23.3 Å². The monoisotopic (exact) mass is 312 g/mol. The molecule has 1 aliphatic rings. The largest absolute Gasteiger partial charge is 0.492 e. The molecule has 1 aromatic rings. The second-order valence-electron chi connectivity index (χ2n) is 6.62. The van der Waals surface area contributed by atoms with Gasteiger partial charge in [0.05, 0.1) is 6.61 Å². The Morgan fingerprint density at radius 3 is 2.78 bits per heavy atom. The van der Waals surface area contributed by atoms with Gasteiger partial charge in [0.15, 0.2) is 0 Å². The van der Waals surface area contributed by atoms with E-state index in [4.69, 9.17) is 9.84 Å². The van der Waals surface area contributed by atoms with Gasteiger partial charge in [0.1, 0.15) is 5.75 Å². The fraction of sp³-hybridized carbons (Fsp3) is 0.350. The highest BCUT2D eigenvalue weighted by molar-refractivity contribution is 5.82. The van der Waals surface area contributed by atoms with Gasteiger partial charge in [0.25, 0.3) is 0 Å². The van der Waals surface area contributed by atoms with Gasteiger partial charge < -0.3 is 9.84 Å². The average Bonchev–Trinajstić information content (AvgIpc) is 2.60. The van der Waals surface area contributed by atoms with Crippen LogP contribution in [0.15, 0.2) is 48.1 Å². The second kappa shape index (κ2) is 6.86. The van der Waals surface area contributed by atoms with Crippen LogP contribution in [0.5, 0.6) is 5.75 Å². The van der Waals surface area contributed by atoms with Crippen molar-refractivity contribution < 1.29 is 14.6 Å². The first-order valence-corrected chi connectivity index (χ1v) is 7.89. The van der Waals surface area contributed by atoms with Crippen molar-refractivity contribution >= 4 is 11.5 Å². The maximum Gasteiger partial charge on any atom is 0.328 e. The number of hydrogen-bond donors (Lipinski definition) is 1. The topological polar surface area (TPSA) is 46.5 Å². The standard InChI is InChI=1S/C20H24O3/c1-5-15-7-9-18-17(11-15)16(12-20(3,4)13-23-18)8-6-14(2)10-19(21)22/h6-12H,5,13H2,1-4H3,(H,21,22). The molecule has 122 valence electrons. The summed E-state index contributed by atoms with van der Waals surface area (Å²) in [6, 6.07) is 6.27. The summed E-state index contributed by atoms with van der Waals surface area (Å²) in [4.78, 5) is 10.8. The minimum Gasteiger partial charge on any atom is -0.492 e. The van der Waals surface area contributed by atoms with Gasteiger partial charge in [-0.3, -0.25) is 0 Å². The number of aliphatic carboxylic acids is 1. The van der Waals surface area contributed by atoms with E-state index < -0.39 is 5.97 Å². The number of carboxylic acids is 1. The molecule has 23 heavy (non-hydrogen) atoms. The number of aryl methyl sites for hydroxylation is 1. The molecule has 0 aromatic heterocycles. The summed E-state index contributed by atoms with van der Waals surface area (Å²) < 4.78 is 5.97. The van der Waals surface area contributed by atoms with Crippen molar-refractivity contribution in [2.24, 2.45) is 5.41 Å². The maximum absolute atomic E-state index is 10.8. The van der Waals surface area contributed by atoms with Crippen LogP contribution in [0, 0.1) is 5.41 Å². The van der Waals surface area contributed by atoms with Crippen LogP contribution in [0.2, 0.25) is 0 Å². The zero-order chi connectivity index (χ0) is 17.0. The van der Waals surface area contributed by atoms with Crippen LogP contribution < -0.4 is 4.74 Å². The molecule has 1 N–H and O–H groups in total. The highest BCUT2D eigenvalue weighted by atomic mass is 16.5. The zero-order valence-corrected chi connectivity index (χ0v) is 14.2. The van der Waals surface area contributed by atoms with Gasteiger partial charge in [0, 0.05) is 17.1 Å².